The van der Waals surface area contributed by atoms with Gasteiger partial charge in [0.1, 0.15) is 6.54 Å². The number of rotatable bonds is 5. The number of aliphatic imine (C=N–C) groups is 1. The summed E-state index contributed by atoms with van der Waals surface area (Å²) in [5.41, 5.74) is 0.0970. The Hall–Kier alpha value is -1.34. The molecule has 0 bridgehead atoms. The molecule has 2 heterocycles. The van der Waals surface area contributed by atoms with Crippen LogP contribution in [-0.4, -0.2) is 75.4 Å². The highest BCUT2D eigenvalue weighted by atomic mass is 16.5. The quantitative estimate of drug-likeness (QED) is 0.564. The number of ether oxygens (including phenoxy) is 2. The van der Waals surface area contributed by atoms with Crippen LogP contribution in [0.2, 0.25) is 0 Å². The molecule has 7 heteroatoms. The Bertz CT molecular complexity index is 485. The first-order valence-electron chi connectivity index (χ1n) is 9.53. The first kappa shape index (κ1) is 18.5. The predicted octanol–water partition coefficient (Wildman–Crippen LogP) is 0.748. The van der Waals surface area contributed by atoms with E-state index in [1.807, 2.05) is 0 Å². The number of carbonyl (C=O) groups excluding carboxylic acids is 1. The number of nitrogens with one attached hydrogen (secondary N) is 2. The van der Waals surface area contributed by atoms with Crippen LogP contribution >= 0.6 is 0 Å². The van der Waals surface area contributed by atoms with Crippen molar-refractivity contribution in [3.05, 3.63) is 0 Å². The van der Waals surface area contributed by atoms with Gasteiger partial charge in [-0.05, 0) is 38.5 Å². The molecule has 142 valence electrons. The summed E-state index contributed by atoms with van der Waals surface area (Å²) in [6.07, 6.45) is 6.70. The number of hydrogen-bond acceptors (Lipinski definition) is 4. The molecule has 2 aliphatic heterocycles. The number of guanidine groups is 1. The van der Waals surface area contributed by atoms with Gasteiger partial charge in [-0.2, -0.15) is 0 Å². The van der Waals surface area contributed by atoms with Gasteiger partial charge in [0.2, 0.25) is 5.91 Å². The van der Waals surface area contributed by atoms with Crippen LogP contribution in [0, 0.1) is 5.92 Å². The van der Waals surface area contributed by atoms with Gasteiger partial charge in [-0.15, -0.1) is 0 Å². The highest BCUT2D eigenvalue weighted by Crippen LogP contribution is 2.42. The fourth-order valence-electron chi connectivity index (χ4n) is 3.69. The molecule has 3 aliphatic rings. The first-order chi connectivity index (χ1) is 12.1. The third-order valence-corrected chi connectivity index (χ3v) is 5.55. The Labute approximate surface area is 150 Å². The number of amides is 1. The Morgan fingerprint density at radius 2 is 2.12 bits per heavy atom. The van der Waals surface area contributed by atoms with E-state index in [1.165, 1.54) is 19.3 Å². The van der Waals surface area contributed by atoms with Gasteiger partial charge >= 0.3 is 0 Å². The molecule has 2 atom stereocenters. The highest BCUT2D eigenvalue weighted by molar-refractivity contribution is 5.84. The zero-order valence-electron chi connectivity index (χ0n) is 15.6. The van der Waals surface area contributed by atoms with E-state index in [-0.39, 0.29) is 18.1 Å². The van der Waals surface area contributed by atoms with Gasteiger partial charge in [-0.3, -0.25) is 4.79 Å². The smallest absolute Gasteiger partial charge is 0.243 e. The Morgan fingerprint density at radius 1 is 1.28 bits per heavy atom. The molecular formula is C18H32N4O3. The monoisotopic (exact) mass is 352 g/mol. The fraction of sp³-hybridized carbons (Fsp3) is 0.889. The maximum absolute atomic E-state index is 11.9. The molecule has 1 amide bonds. The van der Waals surface area contributed by atoms with Crippen LogP contribution in [0.4, 0.5) is 0 Å². The van der Waals surface area contributed by atoms with Gasteiger partial charge in [0, 0.05) is 45.8 Å². The van der Waals surface area contributed by atoms with Crippen molar-refractivity contribution in [3.8, 4) is 0 Å². The molecule has 2 unspecified atom stereocenters. The normalized spacial score (nSPS) is 28.5. The van der Waals surface area contributed by atoms with E-state index in [9.17, 15) is 4.79 Å². The number of hydrogen-bond donors (Lipinski definition) is 2. The highest BCUT2D eigenvalue weighted by Gasteiger charge is 2.42. The lowest BCUT2D eigenvalue weighted by Gasteiger charge is -2.47. The van der Waals surface area contributed by atoms with Crippen molar-refractivity contribution in [1.82, 2.24) is 15.5 Å². The number of likely N-dealkylation sites (N-methyl/N-ethyl adjacent to an activating group) is 1. The molecule has 1 aliphatic carbocycles. The average Bonchev–Trinajstić information content (AvgIpc) is 3.09. The molecule has 0 aromatic rings. The predicted molar refractivity (Wildman–Crippen MR) is 96.6 cm³/mol. The average molecular weight is 352 g/mol. The summed E-state index contributed by atoms with van der Waals surface area (Å²) in [5.74, 6) is 1.26. The van der Waals surface area contributed by atoms with Crippen molar-refractivity contribution in [2.75, 3.05) is 47.0 Å². The van der Waals surface area contributed by atoms with Crippen LogP contribution in [0.5, 0.6) is 0 Å². The number of nitrogens with zero attached hydrogens (tertiary/aromatic N) is 2. The molecule has 2 saturated heterocycles. The maximum Gasteiger partial charge on any atom is 0.243 e. The maximum atomic E-state index is 11.9. The summed E-state index contributed by atoms with van der Waals surface area (Å²) in [6, 6.07) is 0.356. The minimum atomic E-state index is 0.00717. The SMILES string of the molecule is CN(C)C(=O)CN=C(NCC1CCOC1)NC1CCOC2(CCC2)C1. The zero-order chi connectivity index (χ0) is 17.7. The topological polar surface area (TPSA) is 75.2 Å². The summed E-state index contributed by atoms with van der Waals surface area (Å²) in [6.45, 7) is 3.44. The second-order valence-electron chi connectivity index (χ2n) is 7.78. The Balaban J connectivity index is 1.56. The lowest BCUT2D eigenvalue weighted by atomic mass is 9.74. The molecule has 3 fully saturated rings. The molecule has 0 radical (unpaired) electrons. The lowest BCUT2D eigenvalue weighted by molar-refractivity contribution is -0.134. The molecule has 7 nitrogen and oxygen atoms in total. The van der Waals surface area contributed by atoms with Crippen molar-refractivity contribution in [2.45, 2.75) is 50.2 Å². The Kier molecular flexibility index (Phi) is 6.17. The van der Waals surface area contributed by atoms with Gasteiger partial charge in [-0.25, -0.2) is 4.99 Å². The minimum Gasteiger partial charge on any atom is -0.381 e. The molecule has 3 rings (SSSR count). The molecule has 2 N–H and O–H groups in total. The molecule has 0 aromatic heterocycles. The van der Waals surface area contributed by atoms with Crippen LogP contribution in [0.25, 0.3) is 0 Å². The third kappa shape index (κ3) is 5.07. The van der Waals surface area contributed by atoms with Crippen molar-refractivity contribution < 1.29 is 14.3 Å². The Morgan fingerprint density at radius 3 is 2.76 bits per heavy atom. The van der Waals surface area contributed by atoms with Crippen molar-refractivity contribution >= 4 is 11.9 Å². The molecule has 0 aromatic carbocycles. The summed E-state index contributed by atoms with van der Waals surface area (Å²) >= 11 is 0. The molecule has 25 heavy (non-hydrogen) atoms. The van der Waals surface area contributed by atoms with Crippen LogP contribution in [0.15, 0.2) is 4.99 Å². The second-order valence-corrected chi connectivity index (χ2v) is 7.78. The van der Waals surface area contributed by atoms with E-state index in [0.717, 1.165) is 51.6 Å². The van der Waals surface area contributed by atoms with Crippen LogP contribution in [-0.2, 0) is 14.3 Å². The van der Waals surface area contributed by atoms with E-state index in [1.54, 1.807) is 19.0 Å². The second kappa shape index (κ2) is 8.36. The lowest BCUT2D eigenvalue weighted by Crippen LogP contribution is -2.54. The van der Waals surface area contributed by atoms with Crippen LogP contribution in [0.3, 0.4) is 0 Å². The standard InChI is InChI=1S/C18H32N4O3/c1-22(2)16(23)12-20-17(19-11-14-4-8-24-13-14)21-15-5-9-25-18(10-15)6-3-7-18/h14-15H,3-13H2,1-2H3,(H2,19,20,21). The third-order valence-electron chi connectivity index (χ3n) is 5.55. The van der Waals surface area contributed by atoms with E-state index >= 15 is 0 Å². The van der Waals surface area contributed by atoms with E-state index in [2.05, 4.69) is 15.6 Å². The van der Waals surface area contributed by atoms with Crippen molar-refractivity contribution in [1.29, 1.82) is 0 Å². The fourth-order valence-corrected chi connectivity index (χ4v) is 3.69. The zero-order valence-corrected chi connectivity index (χ0v) is 15.6. The van der Waals surface area contributed by atoms with Gasteiger partial charge in [0.25, 0.3) is 0 Å². The number of carbonyl (C=O) groups is 1. The largest absolute Gasteiger partial charge is 0.381 e. The van der Waals surface area contributed by atoms with E-state index in [4.69, 9.17) is 9.47 Å². The van der Waals surface area contributed by atoms with Gasteiger partial charge < -0.3 is 25.0 Å². The molecule has 1 saturated carbocycles. The summed E-state index contributed by atoms with van der Waals surface area (Å²) in [4.78, 5) is 18.0. The van der Waals surface area contributed by atoms with Gasteiger partial charge in [0.15, 0.2) is 5.96 Å². The van der Waals surface area contributed by atoms with E-state index in [0.29, 0.717) is 12.0 Å². The van der Waals surface area contributed by atoms with Gasteiger partial charge in [-0.1, -0.05) is 0 Å². The van der Waals surface area contributed by atoms with Crippen molar-refractivity contribution in [3.63, 3.8) is 0 Å². The summed E-state index contributed by atoms with van der Waals surface area (Å²) < 4.78 is 11.4. The summed E-state index contributed by atoms with van der Waals surface area (Å²) in [7, 11) is 3.51. The molecule has 1 spiro atoms. The van der Waals surface area contributed by atoms with E-state index < -0.39 is 0 Å². The van der Waals surface area contributed by atoms with Crippen molar-refractivity contribution in [2.24, 2.45) is 10.9 Å². The summed E-state index contributed by atoms with van der Waals surface area (Å²) in [5, 5.41) is 6.96. The van der Waals surface area contributed by atoms with Crippen LogP contribution < -0.4 is 10.6 Å². The molecular weight excluding hydrogens is 320 g/mol. The van der Waals surface area contributed by atoms with Gasteiger partial charge in [0.05, 0.1) is 12.2 Å². The first-order valence-corrected chi connectivity index (χ1v) is 9.53. The van der Waals surface area contributed by atoms with Crippen LogP contribution in [0.1, 0.15) is 38.5 Å². The minimum absolute atomic E-state index is 0.00717.